The molecule has 1 unspecified atom stereocenters. The van der Waals surface area contributed by atoms with E-state index in [1.54, 1.807) is 24.3 Å². The minimum Gasteiger partial charge on any atom is -0.508 e. The number of aromatic hydroxyl groups is 1. The average Bonchev–Trinajstić information content (AvgIpc) is 3.10. The van der Waals surface area contributed by atoms with E-state index in [1.165, 1.54) is 4.90 Å². The van der Waals surface area contributed by atoms with Crippen LogP contribution in [-0.4, -0.2) is 45.1 Å². The molecule has 2 aromatic rings. The summed E-state index contributed by atoms with van der Waals surface area (Å²) in [4.78, 5) is 14.2. The van der Waals surface area contributed by atoms with E-state index in [9.17, 15) is 9.90 Å². The van der Waals surface area contributed by atoms with Crippen LogP contribution in [0.5, 0.6) is 5.75 Å². The molecule has 0 radical (unpaired) electrons. The summed E-state index contributed by atoms with van der Waals surface area (Å²) < 4.78 is 1.92. The quantitative estimate of drug-likeness (QED) is 0.530. The molecule has 8 nitrogen and oxygen atoms in total. The third kappa shape index (κ3) is 3.42. The first-order chi connectivity index (χ1) is 12.6. The Kier molecular flexibility index (Phi) is 4.60. The maximum absolute atomic E-state index is 12.7. The molecule has 3 fully saturated rings. The van der Waals surface area contributed by atoms with Gasteiger partial charge in [-0.05, 0) is 18.1 Å². The van der Waals surface area contributed by atoms with E-state index >= 15 is 0 Å². The highest BCUT2D eigenvalue weighted by Crippen LogP contribution is 2.29. The van der Waals surface area contributed by atoms with E-state index in [-0.39, 0.29) is 17.6 Å². The maximum Gasteiger partial charge on any atom is 0.233 e. The summed E-state index contributed by atoms with van der Waals surface area (Å²) in [5.41, 5.74) is 5.41. The number of hydrogen-bond donors (Lipinski definition) is 4. The Balaban J connectivity index is 1.39. The first kappa shape index (κ1) is 17.0. The molecule has 1 aromatic carbocycles. The summed E-state index contributed by atoms with van der Waals surface area (Å²) >= 11 is 0. The van der Waals surface area contributed by atoms with Crippen molar-refractivity contribution in [3.63, 3.8) is 0 Å². The summed E-state index contributed by atoms with van der Waals surface area (Å²) in [5, 5.41) is 20.8. The van der Waals surface area contributed by atoms with Crippen LogP contribution in [0.1, 0.15) is 18.5 Å². The molecule has 3 aliphatic rings. The number of phenols is 1. The van der Waals surface area contributed by atoms with Gasteiger partial charge in [0.1, 0.15) is 24.0 Å². The number of carbonyl (C=O) groups is 1. The molecule has 1 aromatic heterocycles. The molecular formula is C18H26N6O2+2. The van der Waals surface area contributed by atoms with Crippen molar-refractivity contribution in [1.29, 1.82) is 0 Å². The number of nitrogens with one attached hydrogen (secondary N) is 2. The van der Waals surface area contributed by atoms with Gasteiger partial charge in [0.15, 0.2) is 0 Å². The molecule has 6 N–H and O–H groups in total. The zero-order valence-corrected chi connectivity index (χ0v) is 14.8. The predicted octanol–water partition coefficient (Wildman–Crippen LogP) is -1.34. The Bertz CT molecular complexity index is 791. The fourth-order valence-electron chi connectivity index (χ4n) is 4.41. The Hall–Kier alpha value is -2.45. The van der Waals surface area contributed by atoms with Gasteiger partial charge in [0.05, 0.1) is 31.7 Å². The topological polar surface area (TPSA) is 112 Å². The highest BCUT2D eigenvalue weighted by molar-refractivity contribution is 5.93. The Morgan fingerprint density at radius 3 is 3.04 bits per heavy atom. The predicted molar refractivity (Wildman–Crippen MR) is 94.0 cm³/mol. The summed E-state index contributed by atoms with van der Waals surface area (Å²) in [6.45, 7) is 3.47. The second-order valence-electron chi connectivity index (χ2n) is 7.42. The molecule has 1 amide bonds. The maximum atomic E-state index is 12.7. The Morgan fingerprint density at radius 2 is 2.35 bits per heavy atom. The van der Waals surface area contributed by atoms with E-state index in [2.05, 4.69) is 21.4 Å². The molecule has 0 saturated carbocycles. The minimum atomic E-state index is 0.0310. The van der Waals surface area contributed by atoms with Crippen LogP contribution in [0.2, 0.25) is 0 Å². The molecule has 3 saturated heterocycles. The van der Waals surface area contributed by atoms with Crippen LogP contribution in [-0.2, 0) is 17.9 Å². The molecule has 3 aliphatic heterocycles. The van der Waals surface area contributed by atoms with Gasteiger partial charge >= 0.3 is 0 Å². The van der Waals surface area contributed by atoms with Crippen LogP contribution in [0.4, 0.5) is 5.69 Å². The number of hydrogen-bond acceptors (Lipinski definition) is 4. The van der Waals surface area contributed by atoms with Gasteiger partial charge in [-0.2, -0.15) is 0 Å². The second-order valence-corrected chi connectivity index (χ2v) is 7.42. The van der Waals surface area contributed by atoms with Crippen LogP contribution in [0.15, 0.2) is 30.5 Å². The number of aromatic nitrogens is 3. The zero-order valence-electron chi connectivity index (χ0n) is 14.8. The average molecular weight is 358 g/mol. The number of amides is 1. The van der Waals surface area contributed by atoms with Gasteiger partial charge in [0.25, 0.3) is 0 Å². The van der Waals surface area contributed by atoms with E-state index in [0.29, 0.717) is 24.2 Å². The number of rotatable bonds is 5. The van der Waals surface area contributed by atoms with Gasteiger partial charge in [-0.15, -0.1) is 5.10 Å². The van der Waals surface area contributed by atoms with Crippen LogP contribution < -0.4 is 16.0 Å². The lowest BCUT2D eigenvalue weighted by atomic mass is 9.75. The van der Waals surface area contributed by atoms with Crippen LogP contribution in [0.25, 0.3) is 0 Å². The molecular weight excluding hydrogens is 332 g/mol. The van der Waals surface area contributed by atoms with Crippen LogP contribution in [0, 0.1) is 11.8 Å². The number of phenolic OH excluding ortho intramolecular Hbond substituents is 1. The fraction of sp³-hybridized carbons (Fsp3) is 0.500. The third-order valence-corrected chi connectivity index (χ3v) is 5.75. The van der Waals surface area contributed by atoms with Crippen molar-refractivity contribution in [1.82, 2.24) is 15.0 Å². The number of piperidine rings is 3. The number of quaternary nitrogens is 2. The van der Waals surface area contributed by atoms with Crippen LogP contribution in [0.3, 0.4) is 0 Å². The number of benzene rings is 1. The lowest BCUT2D eigenvalue weighted by molar-refractivity contribution is -0.945. The number of carbonyl (C=O) groups excluding carboxylic acids is 1. The molecule has 138 valence electrons. The molecule has 0 spiro atoms. The van der Waals surface area contributed by atoms with Crippen LogP contribution >= 0.6 is 0 Å². The lowest BCUT2D eigenvalue weighted by Crippen LogP contribution is -3.20. The van der Waals surface area contributed by atoms with E-state index in [4.69, 9.17) is 0 Å². The van der Waals surface area contributed by atoms with Crippen molar-refractivity contribution < 1.29 is 20.5 Å². The van der Waals surface area contributed by atoms with Crippen molar-refractivity contribution in [3.8, 4) is 5.75 Å². The number of fused-ring (bicyclic) bond motifs is 3. The highest BCUT2D eigenvalue weighted by atomic mass is 16.3. The normalized spacial score (nSPS) is 27.4. The first-order valence-electron chi connectivity index (χ1n) is 9.25. The number of anilines is 1. The Labute approximate surface area is 152 Å². The summed E-state index contributed by atoms with van der Waals surface area (Å²) in [6, 6.07) is 7.21. The van der Waals surface area contributed by atoms with Crippen molar-refractivity contribution in [2.45, 2.75) is 32.0 Å². The largest absolute Gasteiger partial charge is 0.508 e. The van der Waals surface area contributed by atoms with Crippen molar-refractivity contribution in [3.05, 3.63) is 36.2 Å². The fourth-order valence-corrected chi connectivity index (χ4v) is 4.41. The summed E-state index contributed by atoms with van der Waals surface area (Å²) in [6.07, 6.45) is 4.10. The summed E-state index contributed by atoms with van der Waals surface area (Å²) in [5.74, 6) is 0.669. The second kappa shape index (κ2) is 7.05. The van der Waals surface area contributed by atoms with E-state index < -0.39 is 0 Å². The van der Waals surface area contributed by atoms with Gasteiger partial charge in [0.2, 0.25) is 5.91 Å². The molecule has 4 atom stereocenters. The highest BCUT2D eigenvalue weighted by Gasteiger charge is 2.46. The molecule has 26 heavy (non-hydrogen) atoms. The van der Waals surface area contributed by atoms with Crippen molar-refractivity contribution in [2.24, 2.45) is 11.8 Å². The molecule has 0 aliphatic carbocycles. The van der Waals surface area contributed by atoms with E-state index in [1.807, 2.05) is 10.9 Å². The van der Waals surface area contributed by atoms with Gasteiger partial charge in [-0.1, -0.05) is 11.3 Å². The van der Waals surface area contributed by atoms with Gasteiger partial charge in [0, 0.05) is 24.6 Å². The SMILES string of the molecule is [NH3+]Cc1cn(C[C@H]2C[C@@H]3CC[NH+]2C[C@@H]3C(=O)Nc2cccc(O)c2)nn1. The van der Waals surface area contributed by atoms with Gasteiger partial charge in [-0.25, -0.2) is 4.68 Å². The lowest BCUT2D eigenvalue weighted by Gasteiger charge is -2.46. The molecule has 5 rings (SSSR count). The minimum absolute atomic E-state index is 0.0310. The first-order valence-corrected chi connectivity index (χ1v) is 9.25. The molecule has 2 bridgehead atoms. The monoisotopic (exact) mass is 358 g/mol. The Morgan fingerprint density at radius 1 is 1.46 bits per heavy atom. The van der Waals surface area contributed by atoms with Crippen molar-refractivity contribution >= 4 is 11.6 Å². The number of nitrogens with zero attached hydrogens (tertiary/aromatic N) is 3. The molecule has 4 heterocycles. The van der Waals surface area contributed by atoms with Crippen molar-refractivity contribution in [2.75, 3.05) is 18.4 Å². The van der Waals surface area contributed by atoms with Gasteiger partial charge < -0.3 is 21.1 Å². The molecule has 8 heteroatoms. The standard InChI is InChI=1S/C18H24N6O2/c19-8-14-9-24(22-21-14)10-15-6-12-4-5-23(15)11-17(12)18(26)20-13-2-1-3-16(25)7-13/h1-3,7,9,12,15,17,25H,4-6,8,10-11,19H2,(H,20,26)/p+2/t12-,15+,17-/m0/s1. The van der Waals surface area contributed by atoms with E-state index in [0.717, 1.165) is 38.2 Å². The third-order valence-electron chi connectivity index (χ3n) is 5.75. The zero-order chi connectivity index (χ0) is 18.1. The smallest absolute Gasteiger partial charge is 0.233 e. The van der Waals surface area contributed by atoms with Gasteiger partial charge in [-0.3, -0.25) is 4.79 Å². The summed E-state index contributed by atoms with van der Waals surface area (Å²) in [7, 11) is 0.